The highest BCUT2D eigenvalue weighted by molar-refractivity contribution is 5.89. The van der Waals surface area contributed by atoms with Gasteiger partial charge in [0.25, 0.3) is 0 Å². The lowest BCUT2D eigenvalue weighted by Crippen LogP contribution is -2.10. The fraction of sp³-hybridized carbons (Fsp3) is 0.250. The quantitative estimate of drug-likeness (QED) is 0.622. The SMILES string of the molecule is COC(=O)c1ccc(C(=O)OC)nn1. The molecule has 1 heterocycles. The van der Waals surface area contributed by atoms with Crippen molar-refractivity contribution in [2.75, 3.05) is 14.2 Å². The second kappa shape index (κ2) is 4.31. The molecule has 0 amide bonds. The molecule has 1 rings (SSSR count). The van der Waals surface area contributed by atoms with E-state index in [1.165, 1.54) is 26.4 Å². The molecule has 0 bridgehead atoms. The number of hydrogen-bond donors (Lipinski definition) is 0. The first-order chi connectivity index (χ1) is 6.69. The number of carbonyl (C=O) groups is 2. The van der Waals surface area contributed by atoms with Crippen LogP contribution in [0.2, 0.25) is 0 Å². The first-order valence-electron chi connectivity index (χ1n) is 3.69. The molecule has 0 radical (unpaired) electrons. The van der Waals surface area contributed by atoms with Crippen molar-refractivity contribution in [3.63, 3.8) is 0 Å². The molecule has 0 saturated heterocycles. The van der Waals surface area contributed by atoms with Gasteiger partial charge in [0.15, 0.2) is 11.4 Å². The summed E-state index contributed by atoms with van der Waals surface area (Å²) < 4.78 is 8.81. The summed E-state index contributed by atoms with van der Waals surface area (Å²) in [5, 5.41) is 6.99. The van der Waals surface area contributed by atoms with Crippen LogP contribution in [0.5, 0.6) is 0 Å². The molecule has 74 valence electrons. The van der Waals surface area contributed by atoms with E-state index in [2.05, 4.69) is 19.7 Å². The van der Waals surface area contributed by atoms with Crippen molar-refractivity contribution in [2.24, 2.45) is 0 Å². The molecule has 0 N–H and O–H groups in total. The largest absolute Gasteiger partial charge is 0.464 e. The molecule has 0 aliphatic heterocycles. The van der Waals surface area contributed by atoms with E-state index in [4.69, 9.17) is 0 Å². The van der Waals surface area contributed by atoms with Crippen molar-refractivity contribution in [1.82, 2.24) is 10.2 Å². The lowest BCUT2D eigenvalue weighted by atomic mass is 10.3. The van der Waals surface area contributed by atoms with Gasteiger partial charge in [0.1, 0.15) is 0 Å². The zero-order valence-electron chi connectivity index (χ0n) is 7.68. The minimum atomic E-state index is -0.603. The fourth-order valence-corrected chi connectivity index (χ4v) is 0.759. The topological polar surface area (TPSA) is 78.4 Å². The second-order valence-electron chi connectivity index (χ2n) is 2.29. The molecule has 0 aromatic carbocycles. The smallest absolute Gasteiger partial charge is 0.358 e. The van der Waals surface area contributed by atoms with E-state index in [9.17, 15) is 9.59 Å². The van der Waals surface area contributed by atoms with Crippen molar-refractivity contribution >= 4 is 11.9 Å². The Morgan fingerprint density at radius 1 is 1.00 bits per heavy atom. The van der Waals surface area contributed by atoms with Gasteiger partial charge in [-0.1, -0.05) is 0 Å². The Bertz CT molecular complexity index is 312. The predicted molar refractivity (Wildman–Crippen MR) is 44.7 cm³/mol. The lowest BCUT2D eigenvalue weighted by molar-refractivity contribution is 0.0573. The zero-order valence-corrected chi connectivity index (χ0v) is 7.68. The van der Waals surface area contributed by atoms with E-state index in [0.29, 0.717) is 0 Å². The summed E-state index contributed by atoms with van der Waals surface area (Å²) in [6.45, 7) is 0. The fourth-order valence-electron chi connectivity index (χ4n) is 0.759. The number of carbonyl (C=O) groups excluding carboxylic acids is 2. The minimum absolute atomic E-state index is 0.0418. The van der Waals surface area contributed by atoms with Gasteiger partial charge in [-0.05, 0) is 12.1 Å². The van der Waals surface area contributed by atoms with Gasteiger partial charge in [-0.25, -0.2) is 9.59 Å². The molecular weight excluding hydrogens is 188 g/mol. The highest BCUT2D eigenvalue weighted by atomic mass is 16.5. The van der Waals surface area contributed by atoms with Crippen LogP contribution in [0.25, 0.3) is 0 Å². The van der Waals surface area contributed by atoms with Crippen LogP contribution < -0.4 is 0 Å². The van der Waals surface area contributed by atoms with Crippen LogP contribution in [-0.2, 0) is 9.47 Å². The van der Waals surface area contributed by atoms with E-state index in [-0.39, 0.29) is 11.4 Å². The molecule has 1 aromatic heterocycles. The van der Waals surface area contributed by atoms with Gasteiger partial charge in [0, 0.05) is 0 Å². The van der Waals surface area contributed by atoms with Crippen LogP contribution in [0, 0.1) is 0 Å². The lowest BCUT2D eigenvalue weighted by Gasteiger charge is -1.98. The summed E-state index contributed by atoms with van der Waals surface area (Å²) >= 11 is 0. The van der Waals surface area contributed by atoms with Gasteiger partial charge in [-0.3, -0.25) is 0 Å². The molecule has 0 saturated carbocycles. The van der Waals surface area contributed by atoms with E-state index in [0.717, 1.165) is 0 Å². The highest BCUT2D eigenvalue weighted by Crippen LogP contribution is 1.99. The van der Waals surface area contributed by atoms with Crippen molar-refractivity contribution in [3.8, 4) is 0 Å². The summed E-state index contributed by atoms with van der Waals surface area (Å²) in [6, 6.07) is 2.68. The Kier molecular flexibility index (Phi) is 3.11. The summed E-state index contributed by atoms with van der Waals surface area (Å²) in [7, 11) is 2.47. The standard InChI is InChI=1S/C8H8N2O4/c1-13-7(11)5-3-4-6(10-9-5)8(12)14-2/h3-4H,1-2H3. The van der Waals surface area contributed by atoms with Crippen LogP contribution in [-0.4, -0.2) is 36.4 Å². The molecule has 14 heavy (non-hydrogen) atoms. The van der Waals surface area contributed by atoms with Crippen molar-refractivity contribution in [1.29, 1.82) is 0 Å². The van der Waals surface area contributed by atoms with Gasteiger partial charge in [-0.2, -0.15) is 0 Å². The molecule has 0 unspecified atom stereocenters. The van der Waals surface area contributed by atoms with Crippen molar-refractivity contribution in [3.05, 3.63) is 23.5 Å². The molecule has 0 spiro atoms. The van der Waals surface area contributed by atoms with Gasteiger partial charge in [-0.15, -0.1) is 10.2 Å². The van der Waals surface area contributed by atoms with E-state index in [1.54, 1.807) is 0 Å². The van der Waals surface area contributed by atoms with Crippen LogP contribution >= 0.6 is 0 Å². The van der Waals surface area contributed by atoms with E-state index >= 15 is 0 Å². The zero-order chi connectivity index (χ0) is 10.6. The van der Waals surface area contributed by atoms with Gasteiger partial charge in [0.2, 0.25) is 0 Å². The summed E-state index contributed by atoms with van der Waals surface area (Å²) in [4.78, 5) is 21.8. The van der Waals surface area contributed by atoms with Crippen LogP contribution in [0.4, 0.5) is 0 Å². The first-order valence-corrected chi connectivity index (χ1v) is 3.69. The van der Waals surface area contributed by atoms with Crippen molar-refractivity contribution < 1.29 is 19.1 Å². The average Bonchev–Trinajstić information content (AvgIpc) is 2.27. The maximum Gasteiger partial charge on any atom is 0.358 e. The maximum atomic E-state index is 10.9. The summed E-state index contributed by atoms with van der Waals surface area (Å²) in [5.74, 6) is -1.21. The van der Waals surface area contributed by atoms with Gasteiger partial charge >= 0.3 is 11.9 Å². The Hall–Kier alpha value is -1.98. The molecule has 0 atom stereocenters. The van der Waals surface area contributed by atoms with Crippen LogP contribution in [0.3, 0.4) is 0 Å². The molecule has 1 aromatic rings. The maximum absolute atomic E-state index is 10.9. The normalized spacial score (nSPS) is 9.29. The monoisotopic (exact) mass is 196 g/mol. The number of ether oxygens (including phenoxy) is 2. The Balaban J connectivity index is 2.89. The minimum Gasteiger partial charge on any atom is -0.464 e. The number of nitrogens with zero attached hydrogens (tertiary/aromatic N) is 2. The Labute approximate surface area is 79.8 Å². The average molecular weight is 196 g/mol. The summed E-state index contributed by atoms with van der Waals surface area (Å²) in [6.07, 6.45) is 0. The Morgan fingerprint density at radius 2 is 1.36 bits per heavy atom. The third-order valence-electron chi connectivity index (χ3n) is 1.45. The third-order valence-corrected chi connectivity index (χ3v) is 1.45. The number of esters is 2. The molecule has 6 nitrogen and oxygen atoms in total. The van der Waals surface area contributed by atoms with E-state index in [1.807, 2.05) is 0 Å². The predicted octanol–water partition coefficient (Wildman–Crippen LogP) is 0.0498. The number of hydrogen-bond acceptors (Lipinski definition) is 6. The van der Waals surface area contributed by atoms with E-state index < -0.39 is 11.9 Å². The third kappa shape index (κ3) is 2.03. The second-order valence-corrected chi connectivity index (χ2v) is 2.29. The van der Waals surface area contributed by atoms with Crippen molar-refractivity contribution in [2.45, 2.75) is 0 Å². The molecule has 0 aliphatic carbocycles. The van der Waals surface area contributed by atoms with Crippen LogP contribution in [0.15, 0.2) is 12.1 Å². The van der Waals surface area contributed by atoms with Crippen LogP contribution in [0.1, 0.15) is 21.0 Å². The van der Waals surface area contributed by atoms with Gasteiger partial charge < -0.3 is 9.47 Å². The molecule has 0 fully saturated rings. The van der Waals surface area contributed by atoms with Gasteiger partial charge in [0.05, 0.1) is 14.2 Å². The summed E-state index contributed by atoms with van der Waals surface area (Å²) in [5.41, 5.74) is 0.0836. The number of aromatic nitrogens is 2. The highest BCUT2D eigenvalue weighted by Gasteiger charge is 2.11. The molecule has 0 aliphatic rings. The first kappa shape index (κ1) is 10.1. The molecule has 6 heteroatoms. The molecular formula is C8H8N2O4. The Morgan fingerprint density at radius 3 is 1.57 bits per heavy atom. The number of rotatable bonds is 2. The number of methoxy groups -OCH3 is 2.